The van der Waals surface area contributed by atoms with E-state index in [4.69, 9.17) is 10.5 Å². The largest absolute Gasteiger partial charge is 0.373 e. The Morgan fingerprint density at radius 3 is 2.56 bits per heavy atom. The molecule has 7 heteroatoms. The quantitative estimate of drug-likeness (QED) is 0.864. The summed E-state index contributed by atoms with van der Waals surface area (Å²) in [5, 5.41) is 0. The number of piperidine rings is 1. The van der Waals surface area contributed by atoms with Crippen molar-refractivity contribution in [1.82, 2.24) is 14.9 Å². The first-order valence-electron chi connectivity index (χ1n) is 9.26. The minimum atomic E-state index is -0.529. The van der Waals surface area contributed by atoms with Crippen molar-refractivity contribution in [2.75, 3.05) is 37.6 Å². The number of hydrogen-bond donors (Lipinski definition) is 1. The van der Waals surface area contributed by atoms with Crippen molar-refractivity contribution in [3.63, 3.8) is 0 Å². The molecule has 2 N–H and O–H groups in total. The first-order chi connectivity index (χ1) is 12.0. The van der Waals surface area contributed by atoms with Crippen LogP contribution in [0.2, 0.25) is 0 Å². The van der Waals surface area contributed by atoms with Gasteiger partial charge in [-0.1, -0.05) is 0 Å². The SMILES string of the molecule is CC1CN(CCC2CCN(c3cncc(C(N)=O)n3)CC2)CC(C)O1. The van der Waals surface area contributed by atoms with Crippen LogP contribution in [0.5, 0.6) is 0 Å². The highest BCUT2D eigenvalue weighted by Crippen LogP contribution is 2.24. The van der Waals surface area contributed by atoms with E-state index in [9.17, 15) is 4.79 Å². The lowest BCUT2D eigenvalue weighted by atomic mass is 9.93. The molecule has 3 heterocycles. The molecule has 1 aromatic heterocycles. The number of carbonyl (C=O) groups is 1. The van der Waals surface area contributed by atoms with Crippen molar-refractivity contribution in [3.8, 4) is 0 Å². The van der Waals surface area contributed by atoms with Crippen LogP contribution in [0.3, 0.4) is 0 Å². The molecule has 3 rings (SSSR count). The Balaban J connectivity index is 1.46. The summed E-state index contributed by atoms with van der Waals surface area (Å²) >= 11 is 0. The molecule has 2 aliphatic heterocycles. The molecular weight excluding hydrogens is 318 g/mol. The van der Waals surface area contributed by atoms with Crippen molar-refractivity contribution >= 4 is 11.7 Å². The van der Waals surface area contributed by atoms with E-state index in [0.717, 1.165) is 57.3 Å². The highest BCUT2D eigenvalue weighted by Gasteiger charge is 2.25. The van der Waals surface area contributed by atoms with Crippen LogP contribution in [0, 0.1) is 5.92 Å². The monoisotopic (exact) mass is 347 g/mol. The Hall–Kier alpha value is -1.73. The zero-order valence-corrected chi connectivity index (χ0v) is 15.2. The molecule has 2 saturated heterocycles. The number of morpholine rings is 1. The molecule has 2 fully saturated rings. The lowest BCUT2D eigenvalue weighted by molar-refractivity contribution is -0.0690. The predicted octanol–water partition coefficient (Wildman–Crippen LogP) is 1.29. The van der Waals surface area contributed by atoms with Crippen LogP contribution in [0.4, 0.5) is 5.82 Å². The second-order valence-corrected chi connectivity index (χ2v) is 7.36. The van der Waals surface area contributed by atoms with Gasteiger partial charge >= 0.3 is 0 Å². The van der Waals surface area contributed by atoms with E-state index >= 15 is 0 Å². The molecule has 1 amide bonds. The standard InChI is InChI=1S/C18H29N5O2/c1-13-11-22(12-14(2)25-13)6-3-15-4-7-23(8-5-15)17-10-20-9-16(21-17)18(19)24/h9-10,13-15H,3-8,11-12H2,1-2H3,(H2,19,24). The van der Waals surface area contributed by atoms with Crippen LogP contribution >= 0.6 is 0 Å². The fourth-order valence-corrected chi connectivity index (χ4v) is 3.91. The number of aromatic nitrogens is 2. The van der Waals surface area contributed by atoms with Gasteiger partial charge in [-0.3, -0.25) is 14.7 Å². The fourth-order valence-electron chi connectivity index (χ4n) is 3.91. The average molecular weight is 347 g/mol. The van der Waals surface area contributed by atoms with E-state index in [-0.39, 0.29) is 5.69 Å². The van der Waals surface area contributed by atoms with Crippen molar-refractivity contribution in [2.45, 2.75) is 45.3 Å². The lowest BCUT2D eigenvalue weighted by Crippen LogP contribution is -2.46. The molecule has 2 atom stereocenters. The van der Waals surface area contributed by atoms with Gasteiger partial charge in [0.15, 0.2) is 0 Å². The van der Waals surface area contributed by atoms with Crippen LogP contribution < -0.4 is 10.6 Å². The number of carbonyl (C=O) groups excluding carboxylic acids is 1. The van der Waals surface area contributed by atoms with Crippen LogP contribution in [0.1, 0.15) is 43.6 Å². The summed E-state index contributed by atoms with van der Waals surface area (Å²) in [7, 11) is 0. The number of nitrogens with two attached hydrogens (primary N) is 1. The molecule has 0 saturated carbocycles. The maximum absolute atomic E-state index is 11.3. The number of ether oxygens (including phenoxy) is 1. The van der Waals surface area contributed by atoms with Gasteiger partial charge < -0.3 is 15.4 Å². The first-order valence-corrected chi connectivity index (χ1v) is 9.26. The topological polar surface area (TPSA) is 84.6 Å². The van der Waals surface area contributed by atoms with Crippen LogP contribution in [-0.2, 0) is 4.74 Å². The molecule has 25 heavy (non-hydrogen) atoms. The predicted molar refractivity (Wildman–Crippen MR) is 96.6 cm³/mol. The molecule has 2 unspecified atom stereocenters. The zero-order valence-electron chi connectivity index (χ0n) is 15.2. The summed E-state index contributed by atoms with van der Waals surface area (Å²) in [4.78, 5) is 24.4. The fraction of sp³-hybridized carbons (Fsp3) is 0.722. The summed E-state index contributed by atoms with van der Waals surface area (Å²) in [6.45, 7) is 9.46. The zero-order chi connectivity index (χ0) is 17.8. The molecule has 1 aromatic rings. The van der Waals surface area contributed by atoms with Gasteiger partial charge in [-0.25, -0.2) is 4.98 Å². The summed E-state index contributed by atoms with van der Waals surface area (Å²) in [5.74, 6) is 0.973. The third-order valence-corrected chi connectivity index (χ3v) is 5.16. The minimum absolute atomic E-state index is 0.232. The average Bonchev–Trinajstić information content (AvgIpc) is 2.60. The summed E-state index contributed by atoms with van der Waals surface area (Å²) in [6.07, 6.45) is 7.34. The molecule has 0 aliphatic carbocycles. The van der Waals surface area contributed by atoms with Gasteiger partial charge in [-0.2, -0.15) is 0 Å². The van der Waals surface area contributed by atoms with Gasteiger partial charge in [0, 0.05) is 26.2 Å². The van der Waals surface area contributed by atoms with Crippen molar-refractivity contribution in [3.05, 3.63) is 18.1 Å². The van der Waals surface area contributed by atoms with E-state index in [0.29, 0.717) is 12.2 Å². The second kappa shape index (κ2) is 8.10. The summed E-state index contributed by atoms with van der Waals surface area (Å²) in [5.41, 5.74) is 5.52. The molecule has 0 bridgehead atoms. The van der Waals surface area contributed by atoms with E-state index in [1.165, 1.54) is 12.6 Å². The van der Waals surface area contributed by atoms with Gasteiger partial charge in [0.25, 0.3) is 5.91 Å². The molecule has 0 radical (unpaired) electrons. The molecule has 7 nitrogen and oxygen atoms in total. The van der Waals surface area contributed by atoms with Gasteiger partial charge in [0.05, 0.1) is 24.6 Å². The molecular formula is C18H29N5O2. The Morgan fingerprint density at radius 2 is 1.92 bits per heavy atom. The number of primary amides is 1. The molecule has 138 valence electrons. The molecule has 0 spiro atoms. The maximum Gasteiger partial charge on any atom is 0.268 e. The van der Waals surface area contributed by atoms with Crippen molar-refractivity contribution < 1.29 is 9.53 Å². The normalized spacial score (nSPS) is 25.9. The third kappa shape index (κ3) is 4.89. The van der Waals surface area contributed by atoms with E-state index in [1.807, 2.05) is 0 Å². The van der Waals surface area contributed by atoms with E-state index < -0.39 is 5.91 Å². The van der Waals surface area contributed by atoms with Gasteiger partial charge in [0.2, 0.25) is 0 Å². The smallest absolute Gasteiger partial charge is 0.268 e. The molecule has 2 aliphatic rings. The van der Waals surface area contributed by atoms with Crippen molar-refractivity contribution in [1.29, 1.82) is 0 Å². The van der Waals surface area contributed by atoms with Gasteiger partial charge in [-0.15, -0.1) is 0 Å². The van der Waals surface area contributed by atoms with E-state index in [2.05, 4.69) is 33.6 Å². The van der Waals surface area contributed by atoms with Crippen LogP contribution in [0.25, 0.3) is 0 Å². The van der Waals surface area contributed by atoms with Crippen LogP contribution in [0.15, 0.2) is 12.4 Å². The third-order valence-electron chi connectivity index (χ3n) is 5.16. The maximum atomic E-state index is 11.3. The second-order valence-electron chi connectivity index (χ2n) is 7.36. The van der Waals surface area contributed by atoms with E-state index in [1.54, 1.807) is 6.20 Å². The Labute approximate surface area is 149 Å². The number of rotatable bonds is 5. The highest BCUT2D eigenvalue weighted by atomic mass is 16.5. The number of hydrogen-bond acceptors (Lipinski definition) is 6. The Morgan fingerprint density at radius 1 is 1.24 bits per heavy atom. The van der Waals surface area contributed by atoms with Gasteiger partial charge in [-0.05, 0) is 45.6 Å². The Bertz CT molecular complexity index is 579. The molecule has 0 aromatic carbocycles. The minimum Gasteiger partial charge on any atom is -0.373 e. The summed E-state index contributed by atoms with van der Waals surface area (Å²) in [6, 6.07) is 0. The van der Waals surface area contributed by atoms with Crippen LogP contribution in [-0.4, -0.2) is 65.7 Å². The number of anilines is 1. The Kier molecular flexibility index (Phi) is 5.86. The number of amides is 1. The number of nitrogens with zero attached hydrogens (tertiary/aromatic N) is 4. The van der Waals surface area contributed by atoms with Crippen molar-refractivity contribution in [2.24, 2.45) is 11.7 Å². The first kappa shape index (κ1) is 18.1. The highest BCUT2D eigenvalue weighted by molar-refractivity contribution is 5.90. The lowest BCUT2D eigenvalue weighted by Gasteiger charge is -2.37. The summed E-state index contributed by atoms with van der Waals surface area (Å²) < 4.78 is 5.80. The van der Waals surface area contributed by atoms with Gasteiger partial charge in [0.1, 0.15) is 11.5 Å².